The van der Waals surface area contributed by atoms with Crippen molar-refractivity contribution in [1.29, 1.82) is 0 Å². The van der Waals surface area contributed by atoms with E-state index in [4.69, 9.17) is 14.0 Å². The van der Waals surface area contributed by atoms with Crippen LogP contribution < -0.4 is 20.1 Å². The Kier molecular flexibility index (Phi) is 5.78. The van der Waals surface area contributed by atoms with Gasteiger partial charge in [-0.3, -0.25) is 4.79 Å². The van der Waals surface area contributed by atoms with Crippen molar-refractivity contribution in [2.75, 3.05) is 24.9 Å². The third-order valence-electron chi connectivity index (χ3n) is 4.11. The molecule has 0 bridgehead atoms. The van der Waals surface area contributed by atoms with Crippen LogP contribution in [0.2, 0.25) is 0 Å². The fourth-order valence-corrected chi connectivity index (χ4v) is 2.68. The molecule has 0 unspecified atom stereocenters. The van der Waals surface area contributed by atoms with Gasteiger partial charge >= 0.3 is 0 Å². The number of aromatic nitrogens is 2. The van der Waals surface area contributed by atoms with Crippen LogP contribution >= 0.6 is 0 Å². The van der Waals surface area contributed by atoms with Gasteiger partial charge in [0.05, 0.1) is 26.3 Å². The largest absolute Gasteiger partial charge is 0.497 e. The molecular weight excluding hydrogens is 360 g/mol. The molecule has 3 rings (SSSR count). The molecule has 0 saturated heterocycles. The zero-order valence-corrected chi connectivity index (χ0v) is 16.2. The summed E-state index contributed by atoms with van der Waals surface area (Å²) in [5.41, 5.74) is 3.33. The van der Waals surface area contributed by atoms with E-state index in [1.807, 2.05) is 37.3 Å². The quantitative estimate of drug-likeness (QED) is 0.644. The molecule has 1 aromatic heterocycles. The van der Waals surface area contributed by atoms with E-state index in [1.54, 1.807) is 20.3 Å². The molecule has 0 aliphatic heterocycles. The van der Waals surface area contributed by atoms with Gasteiger partial charge in [-0.2, -0.15) is 4.98 Å². The summed E-state index contributed by atoms with van der Waals surface area (Å²) in [7, 11) is 3.17. The highest BCUT2D eigenvalue weighted by atomic mass is 16.5. The van der Waals surface area contributed by atoms with Crippen LogP contribution in [0.3, 0.4) is 0 Å². The van der Waals surface area contributed by atoms with Crippen LogP contribution in [-0.4, -0.2) is 30.3 Å². The summed E-state index contributed by atoms with van der Waals surface area (Å²) in [6.45, 7) is 3.79. The van der Waals surface area contributed by atoms with E-state index in [0.717, 1.165) is 16.9 Å². The summed E-state index contributed by atoms with van der Waals surface area (Å²) < 4.78 is 15.9. The van der Waals surface area contributed by atoms with E-state index in [9.17, 15) is 4.79 Å². The van der Waals surface area contributed by atoms with Crippen LogP contribution in [-0.2, 0) is 11.3 Å². The summed E-state index contributed by atoms with van der Waals surface area (Å²) in [5, 5.41) is 10.1. The zero-order chi connectivity index (χ0) is 20.1. The molecule has 8 nitrogen and oxygen atoms in total. The van der Waals surface area contributed by atoms with E-state index >= 15 is 0 Å². The number of ether oxygens (including phenoxy) is 2. The Morgan fingerprint density at radius 1 is 1.14 bits per heavy atom. The highest BCUT2D eigenvalue weighted by Crippen LogP contribution is 2.31. The molecule has 0 spiro atoms. The fraction of sp³-hybridized carbons (Fsp3) is 0.250. The second-order valence-corrected chi connectivity index (χ2v) is 6.14. The van der Waals surface area contributed by atoms with Gasteiger partial charge in [-0.1, -0.05) is 11.2 Å². The van der Waals surface area contributed by atoms with Gasteiger partial charge < -0.3 is 24.6 Å². The maximum Gasteiger partial charge on any atom is 0.246 e. The summed E-state index contributed by atoms with van der Waals surface area (Å²) >= 11 is 0. The Morgan fingerprint density at radius 2 is 1.96 bits per heavy atom. The number of benzene rings is 2. The number of aryl methyl sites for hydroxylation is 1. The molecule has 0 radical (unpaired) electrons. The standard InChI is InChI=1S/C20H22N4O4/c1-12-5-6-14(22-13(2)25)9-17(12)21-11-19-23-20(24-28-19)16-8-7-15(26-3)10-18(16)27-4/h5-10,21H,11H2,1-4H3,(H,22,25). The molecule has 28 heavy (non-hydrogen) atoms. The lowest BCUT2D eigenvalue weighted by Gasteiger charge is -2.10. The molecule has 3 aromatic rings. The molecular formula is C20H22N4O4. The lowest BCUT2D eigenvalue weighted by atomic mass is 10.1. The fourth-order valence-electron chi connectivity index (χ4n) is 2.68. The number of carbonyl (C=O) groups excluding carboxylic acids is 1. The van der Waals surface area contributed by atoms with Crippen molar-refractivity contribution in [3.8, 4) is 22.9 Å². The van der Waals surface area contributed by atoms with Crippen molar-refractivity contribution in [1.82, 2.24) is 10.1 Å². The van der Waals surface area contributed by atoms with Gasteiger partial charge in [0, 0.05) is 24.4 Å². The van der Waals surface area contributed by atoms with Crippen molar-refractivity contribution in [3.63, 3.8) is 0 Å². The predicted octanol–water partition coefficient (Wildman–Crippen LogP) is 3.63. The molecule has 1 heterocycles. The molecule has 0 saturated carbocycles. The van der Waals surface area contributed by atoms with E-state index in [-0.39, 0.29) is 5.91 Å². The summed E-state index contributed by atoms with van der Waals surface area (Å²) in [5.74, 6) is 2.01. The number of amides is 1. The molecule has 146 valence electrons. The number of methoxy groups -OCH3 is 2. The second-order valence-electron chi connectivity index (χ2n) is 6.14. The van der Waals surface area contributed by atoms with Crippen LogP contribution in [0, 0.1) is 6.92 Å². The Labute approximate surface area is 162 Å². The number of hydrogen-bond donors (Lipinski definition) is 2. The van der Waals surface area contributed by atoms with Gasteiger partial charge in [-0.15, -0.1) is 0 Å². The maximum atomic E-state index is 11.2. The van der Waals surface area contributed by atoms with Gasteiger partial charge in [0.2, 0.25) is 17.6 Å². The van der Waals surface area contributed by atoms with Gasteiger partial charge in [0.15, 0.2) is 0 Å². The SMILES string of the molecule is COc1ccc(-c2noc(CNc3cc(NC(C)=O)ccc3C)n2)c(OC)c1. The molecule has 2 aromatic carbocycles. The molecule has 0 fully saturated rings. The molecule has 0 aliphatic rings. The highest BCUT2D eigenvalue weighted by molar-refractivity contribution is 5.89. The first-order chi connectivity index (χ1) is 13.5. The van der Waals surface area contributed by atoms with Crippen molar-refractivity contribution in [2.24, 2.45) is 0 Å². The minimum Gasteiger partial charge on any atom is -0.497 e. The predicted molar refractivity (Wildman–Crippen MR) is 106 cm³/mol. The van der Waals surface area contributed by atoms with Crippen LogP contribution in [0.4, 0.5) is 11.4 Å². The number of hydrogen-bond acceptors (Lipinski definition) is 7. The van der Waals surface area contributed by atoms with Crippen LogP contribution in [0.25, 0.3) is 11.4 Å². The Hall–Kier alpha value is -3.55. The van der Waals surface area contributed by atoms with Crippen molar-refractivity contribution < 1.29 is 18.8 Å². The Bertz CT molecular complexity index is 984. The minimum absolute atomic E-state index is 0.121. The lowest BCUT2D eigenvalue weighted by molar-refractivity contribution is -0.114. The zero-order valence-electron chi connectivity index (χ0n) is 16.2. The minimum atomic E-state index is -0.121. The average molecular weight is 382 g/mol. The van der Waals surface area contributed by atoms with Crippen LogP contribution in [0.1, 0.15) is 18.4 Å². The van der Waals surface area contributed by atoms with E-state index in [1.165, 1.54) is 6.92 Å². The first-order valence-corrected chi connectivity index (χ1v) is 8.67. The first-order valence-electron chi connectivity index (χ1n) is 8.67. The summed E-state index contributed by atoms with van der Waals surface area (Å²) in [4.78, 5) is 15.7. The number of nitrogens with zero attached hydrogens (tertiary/aromatic N) is 2. The number of rotatable bonds is 7. The van der Waals surface area contributed by atoms with E-state index in [2.05, 4.69) is 20.8 Å². The maximum absolute atomic E-state index is 11.2. The third-order valence-corrected chi connectivity index (χ3v) is 4.11. The highest BCUT2D eigenvalue weighted by Gasteiger charge is 2.14. The molecule has 1 amide bonds. The third kappa shape index (κ3) is 4.40. The monoisotopic (exact) mass is 382 g/mol. The summed E-state index contributed by atoms with van der Waals surface area (Å²) in [6, 6.07) is 11.0. The molecule has 8 heteroatoms. The van der Waals surface area contributed by atoms with Gasteiger partial charge in [0.25, 0.3) is 0 Å². The van der Waals surface area contributed by atoms with Crippen molar-refractivity contribution >= 4 is 17.3 Å². The topological polar surface area (TPSA) is 98.5 Å². The Morgan fingerprint density at radius 3 is 2.68 bits per heavy atom. The number of anilines is 2. The van der Waals surface area contributed by atoms with Gasteiger partial charge in [0.1, 0.15) is 11.5 Å². The van der Waals surface area contributed by atoms with Gasteiger partial charge in [-0.05, 0) is 36.8 Å². The molecule has 0 atom stereocenters. The average Bonchev–Trinajstić information content (AvgIpc) is 3.16. The van der Waals surface area contributed by atoms with Crippen LogP contribution in [0.5, 0.6) is 11.5 Å². The normalized spacial score (nSPS) is 10.4. The number of carbonyl (C=O) groups is 1. The molecule has 2 N–H and O–H groups in total. The lowest BCUT2D eigenvalue weighted by Crippen LogP contribution is -2.07. The van der Waals surface area contributed by atoms with Crippen LogP contribution in [0.15, 0.2) is 40.9 Å². The first kappa shape index (κ1) is 19.2. The van der Waals surface area contributed by atoms with Crippen molar-refractivity contribution in [3.05, 3.63) is 47.9 Å². The second kappa shape index (κ2) is 8.43. The van der Waals surface area contributed by atoms with Gasteiger partial charge in [-0.25, -0.2) is 0 Å². The summed E-state index contributed by atoms with van der Waals surface area (Å²) in [6.07, 6.45) is 0. The number of nitrogens with one attached hydrogen (secondary N) is 2. The smallest absolute Gasteiger partial charge is 0.246 e. The van der Waals surface area contributed by atoms with Crippen molar-refractivity contribution in [2.45, 2.75) is 20.4 Å². The van der Waals surface area contributed by atoms with E-state index in [0.29, 0.717) is 35.3 Å². The Balaban J connectivity index is 1.75. The van der Waals surface area contributed by atoms with E-state index < -0.39 is 0 Å². The molecule has 0 aliphatic carbocycles.